The first-order valence-electron chi connectivity index (χ1n) is 10.6. The van der Waals surface area contributed by atoms with Crippen molar-refractivity contribution in [2.45, 2.75) is 20.5 Å². The first kappa shape index (κ1) is 25.9. The van der Waals surface area contributed by atoms with Crippen molar-refractivity contribution >= 4 is 62.3 Å². The molecule has 0 fully saturated rings. The zero-order chi connectivity index (χ0) is 23.2. The molecule has 1 heterocycles. The van der Waals surface area contributed by atoms with Gasteiger partial charge in [-0.15, -0.1) is 12.4 Å². The van der Waals surface area contributed by atoms with Crippen LogP contribution in [0.1, 0.15) is 19.4 Å². The molecule has 0 atom stereocenters. The molecular weight excluding hydrogens is 541 g/mol. The molecule has 0 saturated carbocycles. The summed E-state index contributed by atoms with van der Waals surface area (Å²) in [6.45, 7) is 5.34. The molecule has 0 aliphatic heterocycles. The van der Waals surface area contributed by atoms with Gasteiger partial charge in [-0.05, 0) is 44.2 Å². The summed E-state index contributed by atoms with van der Waals surface area (Å²) >= 11 is 10.0. The maximum absolute atomic E-state index is 6.50. The monoisotopic (exact) mass is 563 g/mol. The summed E-state index contributed by atoms with van der Waals surface area (Å²) < 4.78 is 18.4. The molecule has 0 aliphatic carbocycles. The first-order chi connectivity index (χ1) is 16.1. The maximum Gasteiger partial charge on any atom is 0.163 e. The second kappa shape index (κ2) is 12.1. The zero-order valence-electron chi connectivity index (χ0n) is 18.7. The van der Waals surface area contributed by atoms with Crippen molar-refractivity contribution in [3.05, 3.63) is 76.0 Å². The van der Waals surface area contributed by atoms with E-state index >= 15 is 0 Å². The quantitative estimate of drug-likeness (QED) is 0.226. The lowest BCUT2D eigenvalue weighted by atomic mass is 10.2. The number of nitrogens with one attached hydrogen (secondary N) is 1. The van der Waals surface area contributed by atoms with E-state index in [0.29, 0.717) is 47.9 Å². The summed E-state index contributed by atoms with van der Waals surface area (Å²) in [7, 11) is 0. The van der Waals surface area contributed by atoms with Gasteiger partial charge in [-0.2, -0.15) is 0 Å². The number of hydrogen-bond acceptors (Lipinski definition) is 6. The van der Waals surface area contributed by atoms with Crippen molar-refractivity contribution in [3.63, 3.8) is 0 Å². The number of rotatable bonds is 9. The van der Waals surface area contributed by atoms with Crippen molar-refractivity contribution in [1.82, 2.24) is 9.97 Å². The van der Waals surface area contributed by atoms with Crippen LogP contribution in [0, 0.1) is 0 Å². The topological polar surface area (TPSA) is 65.5 Å². The molecule has 0 aliphatic rings. The molecular formula is C25H24BrCl2N3O3. The predicted octanol–water partition coefficient (Wildman–Crippen LogP) is 7.59. The fraction of sp³-hybridized carbons (Fsp3) is 0.200. The Balaban J connectivity index is 0.00000324. The molecule has 0 amide bonds. The van der Waals surface area contributed by atoms with Crippen molar-refractivity contribution in [3.8, 4) is 17.2 Å². The van der Waals surface area contributed by atoms with Gasteiger partial charge in [0.05, 0.1) is 23.8 Å². The molecule has 4 aromatic rings. The molecule has 4 rings (SSSR count). The van der Waals surface area contributed by atoms with Crippen LogP contribution in [0.3, 0.4) is 0 Å². The molecule has 1 N–H and O–H groups in total. The van der Waals surface area contributed by atoms with Crippen LogP contribution >= 0.6 is 39.9 Å². The second-order valence-electron chi connectivity index (χ2n) is 7.05. The number of nitrogens with zero attached hydrogens (tertiary/aromatic N) is 2. The zero-order valence-corrected chi connectivity index (χ0v) is 21.8. The fourth-order valence-electron chi connectivity index (χ4n) is 3.30. The first-order valence-corrected chi connectivity index (χ1v) is 11.7. The maximum atomic E-state index is 6.50. The Hall–Kier alpha value is -2.74. The largest absolute Gasteiger partial charge is 0.490 e. The molecule has 34 heavy (non-hydrogen) atoms. The Morgan fingerprint density at radius 1 is 0.882 bits per heavy atom. The summed E-state index contributed by atoms with van der Waals surface area (Å²) in [5, 5.41) is 4.64. The van der Waals surface area contributed by atoms with E-state index < -0.39 is 0 Å². The minimum absolute atomic E-state index is 0. The second-order valence-corrected chi connectivity index (χ2v) is 8.32. The standard InChI is InChI=1S/C25H23BrClN3O3.ClH/c1-3-31-23-12-18-21(13-24(23)32-4-2)28-15-29-25(18)30-17-9-10-22(20(27)11-17)33-14-16-7-5-6-8-19(16)26;/h5-13,15H,3-4,14H2,1-2H3,(H,28,29,30);1H. The highest BCUT2D eigenvalue weighted by molar-refractivity contribution is 9.10. The van der Waals surface area contributed by atoms with Gasteiger partial charge in [0.2, 0.25) is 0 Å². The van der Waals surface area contributed by atoms with Crippen LogP contribution in [0.5, 0.6) is 17.2 Å². The van der Waals surface area contributed by atoms with Crippen LogP contribution in [0.25, 0.3) is 10.9 Å². The SMILES string of the molecule is CCOc1cc2ncnc(Nc3ccc(OCc4ccccc4Br)c(Cl)c3)c2cc1OCC.Cl. The molecule has 9 heteroatoms. The highest BCUT2D eigenvalue weighted by Crippen LogP contribution is 2.36. The van der Waals surface area contributed by atoms with Crippen molar-refractivity contribution in [2.75, 3.05) is 18.5 Å². The normalized spacial score (nSPS) is 10.5. The highest BCUT2D eigenvalue weighted by atomic mass is 79.9. The van der Waals surface area contributed by atoms with Gasteiger partial charge in [-0.3, -0.25) is 0 Å². The lowest BCUT2D eigenvalue weighted by Crippen LogP contribution is -2.01. The van der Waals surface area contributed by atoms with E-state index in [4.69, 9.17) is 25.8 Å². The molecule has 0 spiro atoms. The van der Waals surface area contributed by atoms with Gasteiger partial charge in [-0.1, -0.05) is 45.7 Å². The van der Waals surface area contributed by atoms with Crippen molar-refractivity contribution in [1.29, 1.82) is 0 Å². The van der Waals surface area contributed by atoms with Gasteiger partial charge >= 0.3 is 0 Å². The Morgan fingerprint density at radius 2 is 1.62 bits per heavy atom. The van der Waals surface area contributed by atoms with Crippen LogP contribution in [-0.4, -0.2) is 23.2 Å². The third kappa shape index (κ3) is 6.03. The predicted molar refractivity (Wildman–Crippen MR) is 142 cm³/mol. The molecule has 0 saturated heterocycles. The van der Waals surface area contributed by atoms with Gasteiger partial charge in [0.15, 0.2) is 11.5 Å². The molecule has 3 aromatic carbocycles. The number of halogens is 3. The van der Waals surface area contributed by atoms with Crippen LogP contribution in [0.4, 0.5) is 11.5 Å². The van der Waals surface area contributed by atoms with Gasteiger partial charge in [0.25, 0.3) is 0 Å². The minimum atomic E-state index is 0. The van der Waals surface area contributed by atoms with Gasteiger partial charge in [-0.25, -0.2) is 9.97 Å². The van der Waals surface area contributed by atoms with Gasteiger partial charge in [0, 0.05) is 27.2 Å². The number of hydrogen-bond donors (Lipinski definition) is 1. The average Bonchev–Trinajstić information content (AvgIpc) is 2.81. The molecule has 178 valence electrons. The number of anilines is 2. The summed E-state index contributed by atoms with van der Waals surface area (Å²) in [5.74, 6) is 2.55. The number of fused-ring (bicyclic) bond motifs is 1. The molecule has 0 radical (unpaired) electrons. The molecule has 0 unspecified atom stereocenters. The van der Waals surface area contributed by atoms with E-state index in [0.717, 1.165) is 26.6 Å². The molecule has 6 nitrogen and oxygen atoms in total. The Labute approximate surface area is 218 Å². The van der Waals surface area contributed by atoms with Gasteiger partial charge < -0.3 is 19.5 Å². The smallest absolute Gasteiger partial charge is 0.163 e. The van der Waals surface area contributed by atoms with E-state index in [9.17, 15) is 0 Å². The summed E-state index contributed by atoms with van der Waals surface area (Å²) in [6, 6.07) is 17.2. The summed E-state index contributed by atoms with van der Waals surface area (Å²) in [4.78, 5) is 8.80. The Kier molecular flexibility index (Phi) is 9.21. The highest BCUT2D eigenvalue weighted by Gasteiger charge is 2.13. The Morgan fingerprint density at radius 3 is 2.32 bits per heavy atom. The average molecular weight is 565 g/mol. The van der Waals surface area contributed by atoms with E-state index in [1.165, 1.54) is 6.33 Å². The van der Waals surface area contributed by atoms with Crippen molar-refractivity contribution < 1.29 is 14.2 Å². The van der Waals surface area contributed by atoms with Crippen LogP contribution in [0.15, 0.2) is 65.4 Å². The van der Waals surface area contributed by atoms with Gasteiger partial charge in [0.1, 0.15) is 24.5 Å². The number of aromatic nitrogens is 2. The minimum Gasteiger partial charge on any atom is -0.490 e. The molecule has 1 aromatic heterocycles. The van der Waals surface area contributed by atoms with Crippen LogP contribution in [-0.2, 0) is 6.61 Å². The number of benzene rings is 3. The third-order valence-corrected chi connectivity index (χ3v) is 5.91. The lowest BCUT2D eigenvalue weighted by Gasteiger charge is -2.14. The fourth-order valence-corrected chi connectivity index (χ4v) is 3.94. The van der Waals surface area contributed by atoms with Crippen LogP contribution < -0.4 is 19.5 Å². The third-order valence-electron chi connectivity index (χ3n) is 4.84. The number of ether oxygens (including phenoxy) is 3. The lowest BCUT2D eigenvalue weighted by molar-refractivity contribution is 0.288. The summed E-state index contributed by atoms with van der Waals surface area (Å²) in [5.41, 5.74) is 2.57. The van der Waals surface area contributed by atoms with E-state index in [1.807, 2.05) is 68.4 Å². The van der Waals surface area contributed by atoms with E-state index in [1.54, 1.807) is 0 Å². The van der Waals surface area contributed by atoms with E-state index in [-0.39, 0.29) is 12.4 Å². The summed E-state index contributed by atoms with van der Waals surface area (Å²) in [6.07, 6.45) is 1.51. The van der Waals surface area contributed by atoms with Crippen molar-refractivity contribution in [2.24, 2.45) is 0 Å². The Bertz CT molecular complexity index is 1270. The van der Waals surface area contributed by atoms with Crippen LogP contribution in [0.2, 0.25) is 5.02 Å². The van der Waals surface area contributed by atoms with E-state index in [2.05, 4.69) is 31.2 Å². The molecule has 0 bridgehead atoms.